The van der Waals surface area contributed by atoms with Crippen molar-refractivity contribution in [3.05, 3.63) is 18.1 Å². The highest BCUT2D eigenvalue weighted by atomic mass is 16.5. The first kappa shape index (κ1) is 8.12. The molecule has 0 atom stereocenters. The van der Waals surface area contributed by atoms with Crippen molar-refractivity contribution in [2.45, 2.75) is 6.04 Å². The fourth-order valence-electron chi connectivity index (χ4n) is 1.04. The highest BCUT2D eigenvalue weighted by molar-refractivity contribution is 5.72. The smallest absolute Gasteiger partial charge is 0.168 e. The minimum Gasteiger partial charge on any atom is -0.377 e. The number of carbonyl (C=O) groups is 1. The highest BCUT2D eigenvalue weighted by Crippen LogP contribution is 2.09. The number of anilines is 1. The summed E-state index contributed by atoms with van der Waals surface area (Å²) in [6, 6.07) is 1.93. The first-order valence-corrected chi connectivity index (χ1v) is 4.00. The number of hydrogen-bond donors (Lipinski definition) is 1. The van der Waals surface area contributed by atoms with Crippen LogP contribution < -0.4 is 5.32 Å². The van der Waals surface area contributed by atoms with E-state index >= 15 is 0 Å². The van der Waals surface area contributed by atoms with Crippen LogP contribution >= 0.6 is 0 Å². The van der Waals surface area contributed by atoms with Gasteiger partial charge < -0.3 is 10.1 Å². The van der Waals surface area contributed by atoms with Crippen molar-refractivity contribution in [2.75, 3.05) is 18.5 Å². The molecule has 0 saturated carbocycles. The van der Waals surface area contributed by atoms with Crippen LogP contribution in [0.2, 0.25) is 0 Å². The van der Waals surface area contributed by atoms with Crippen molar-refractivity contribution in [1.29, 1.82) is 0 Å². The third-order valence-electron chi connectivity index (χ3n) is 1.80. The van der Waals surface area contributed by atoms with E-state index in [-0.39, 0.29) is 0 Å². The van der Waals surface area contributed by atoms with Gasteiger partial charge in [0.2, 0.25) is 0 Å². The molecule has 1 aliphatic rings. The van der Waals surface area contributed by atoms with Crippen LogP contribution in [0.3, 0.4) is 0 Å². The second kappa shape index (κ2) is 3.49. The molecule has 1 fully saturated rings. The molecule has 2 rings (SSSR count). The minimum atomic E-state index is 0.314. The first-order valence-electron chi connectivity index (χ1n) is 4.00. The number of nitrogens with zero attached hydrogens (tertiary/aromatic N) is 2. The third kappa shape index (κ3) is 1.81. The number of aromatic nitrogens is 2. The van der Waals surface area contributed by atoms with Crippen molar-refractivity contribution < 1.29 is 9.53 Å². The molecule has 2 heterocycles. The predicted octanol–water partition coefficient (Wildman–Crippen LogP) is 0.0998. The maximum atomic E-state index is 10.4. The second-order valence-electron chi connectivity index (χ2n) is 2.82. The molecule has 1 aromatic rings. The molecule has 68 valence electrons. The molecular weight excluding hydrogens is 170 g/mol. The van der Waals surface area contributed by atoms with Crippen molar-refractivity contribution in [3.63, 3.8) is 0 Å². The first-order chi connectivity index (χ1) is 6.38. The van der Waals surface area contributed by atoms with Gasteiger partial charge in [0.15, 0.2) is 6.29 Å². The van der Waals surface area contributed by atoms with Gasteiger partial charge in [-0.1, -0.05) is 0 Å². The van der Waals surface area contributed by atoms with Crippen LogP contribution in [0.15, 0.2) is 12.4 Å². The molecule has 1 aliphatic heterocycles. The van der Waals surface area contributed by atoms with Gasteiger partial charge in [-0.2, -0.15) is 0 Å². The minimum absolute atomic E-state index is 0.314. The van der Waals surface area contributed by atoms with Gasteiger partial charge in [-0.15, -0.1) is 0 Å². The molecule has 1 saturated heterocycles. The van der Waals surface area contributed by atoms with Gasteiger partial charge in [0.1, 0.15) is 17.8 Å². The zero-order valence-electron chi connectivity index (χ0n) is 6.93. The van der Waals surface area contributed by atoms with Gasteiger partial charge in [0.05, 0.1) is 19.3 Å². The molecule has 5 heteroatoms. The van der Waals surface area contributed by atoms with E-state index in [1.54, 1.807) is 6.07 Å². The highest BCUT2D eigenvalue weighted by Gasteiger charge is 2.18. The summed E-state index contributed by atoms with van der Waals surface area (Å²) >= 11 is 0. The number of nitrogens with one attached hydrogen (secondary N) is 1. The lowest BCUT2D eigenvalue weighted by Crippen LogP contribution is -2.40. The van der Waals surface area contributed by atoms with Gasteiger partial charge in [0.25, 0.3) is 0 Å². The van der Waals surface area contributed by atoms with Gasteiger partial charge in [0, 0.05) is 6.07 Å². The topological polar surface area (TPSA) is 64.1 Å². The van der Waals surface area contributed by atoms with Gasteiger partial charge >= 0.3 is 0 Å². The van der Waals surface area contributed by atoms with E-state index in [9.17, 15) is 4.79 Å². The summed E-state index contributed by atoms with van der Waals surface area (Å²) in [4.78, 5) is 18.1. The van der Waals surface area contributed by atoms with E-state index in [0.29, 0.717) is 37.1 Å². The van der Waals surface area contributed by atoms with Gasteiger partial charge in [-0.25, -0.2) is 9.97 Å². The molecule has 0 amide bonds. The van der Waals surface area contributed by atoms with E-state index in [2.05, 4.69) is 15.3 Å². The molecule has 5 nitrogen and oxygen atoms in total. The third-order valence-corrected chi connectivity index (χ3v) is 1.80. The van der Waals surface area contributed by atoms with Gasteiger partial charge in [-0.05, 0) is 0 Å². The van der Waals surface area contributed by atoms with Gasteiger partial charge in [-0.3, -0.25) is 4.79 Å². The second-order valence-corrected chi connectivity index (χ2v) is 2.82. The fourth-order valence-corrected chi connectivity index (χ4v) is 1.04. The Kier molecular flexibility index (Phi) is 2.18. The summed E-state index contributed by atoms with van der Waals surface area (Å²) in [5.74, 6) is 0.672. The average Bonchev–Trinajstić information content (AvgIpc) is 2.12. The van der Waals surface area contributed by atoms with Crippen LogP contribution in [0.1, 0.15) is 10.5 Å². The SMILES string of the molecule is O=Cc1cc(NC2COC2)ncn1. The quantitative estimate of drug-likeness (QED) is 0.667. The Hall–Kier alpha value is -1.49. The number of hydrogen-bond acceptors (Lipinski definition) is 5. The summed E-state index contributed by atoms with van der Waals surface area (Å²) < 4.78 is 4.99. The lowest BCUT2D eigenvalue weighted by molar-refractivity contribution is 0.0209. The maximum absolute atomic E-state index is 10.4. The Bertz CT molecular complexity index is 312. The largest absolute Gasteiger partial charge is 0.377 e. The standard InChI is InChI=1S/C8H9N3O2/c12-2-6-1-8(10-5-9-6)11-7-3-13-4-7/h1-2,5,7H,3-4H2,(H,9,10,11). The van der Waals surface area contributed by atoms with Crippen LogP contribution in [0.5, 0.6) is 0 Å². The zero-order valence-corrected chi connectivity index (χ0v) is 6.93. The lowest BCUT2D eigenvalue weighted by atomic mass is 10.2. The predicted molar refractivity (Wildman–Crippen MR) is 45.6 cm³/mol. The van der Waals surface area contributed by atoms with E-state index in [1.807, 2.05) is 0 Å². The van der Waals surface area contributed by atoms with E-state index < -0.39 is 0 Å². The molecule has 0 spiro atoms. The normalized spacial score (nSPS) is 16.3. The average molecular weight is 179 g/mol. The zero-order chi connectivity index (χ0) is 9.10. The van der Waals surface area contributed by atoms with Crippen LogP contribution in [-0.4, -0.2) is 35.5 Å². The Balaban J connectivity index is 2.05. The molecule has 0 radical (unpaired) electrons. The van der Waals surface area contributed by atoms with E-state index in [0.717, 1.165) is 0 Å². The summed E-state index contributed by atoms with van der Waals surface area (Å²) in [5, 5.41) is 3.12. The Morgan fingerprint density at radius 3 is 3.00 bits per heavy atom. The Morgan fingerprint density at radius 1 is 1.54 bits per heavy atom. The molecule has 0 bridgehead atoms. The van der Waals surface area contributed by atoms with E-state index in [1.165, 1.54) is 6.33 Å². The number of ether oxygens (including phenoxy) is 1. The van der Waals surface area contributed by atoms with Crippen molar-refractivity contribution >= 4 is 12.1 Å². The molecule has 1 aromatic heterocycles. The van der Waals surface area contributed by atoms with Crippen LogP contribution in [-0.2, 0) is 4.74 Å². The van der Waals surface area contributed by atoms with E-state index in [4.69, 9.17) is 4.74 Å². The Labute approximate surface area is 75.1 Å². The molecule has 1 N–H and O–H groups in total. The number of rotatable bonds is 3. The molecule has 0 aromatic carbocycles. The van der Waals surface area contributed by atoms with Crippen molar-refractivity contribution in [1.82, 2.24) is 9.97 Å². The van der Waals surface area contributed by atoms with Crippen molar-refractivity contribution in [3.8, 4) is 0 Å². The molecular formula is C8H9N3O2. The summed E-state index contributed by atoms with van der Waals surface area (Å²) in [6.45, 7) is 1.39. The van der Waals surface area contributed by atoms with Crippen molar-refractivity contribution in [2.24, 2.45) is 0 Å². The van der Waals surface area contributed by atoms with Crippen LogP contribution in [0.25, 0.3) is 0 Å². The molecule has 0 aliphatic carbocycles. The Morgan fingerprint density at radius 2 is 2.38 bits per heavy atom. The summed E-state index contributed by atoms with van der Waals surface area (Å²) in [5.41, 5.74) is 0.387. The summed E-state index contributed by atoms with van der Waals surface area (Å²) in [7, 11) is 0. The monoisotopic (exact) mass is 179 g/mol. The van der Waals surface area contributed by atoms with Crippen LogP contribution in [0.4, 0.5) is 5.82 Å². The molecule has 13 heavy (non-hydrogen) atoms. The fraction of sp³-hybridized carbons (Fsp3) is 0.375. The van der Waals surface area contributed by atoms with Crippen LogP contribution in [0, 0.1) is 0 Å². The maximum Gasteiger partial charge on any atom is 0.168 e. The number of aldehydes is 1. The number of carbonyl (C=O) groups excluding carboxylic acids is 1. The summed E-state index contributed by atoms with van der Waals surface area (Å²) in [6.07, 6.45) is 2.07. The lowest BCUT2D eigenvalue weighted by Gasteiger charge is -2.27. The molecule has 0 unspecified atom stereocenters.